The van der Waals surface area contributed by atoms with Crippen LogP contribution < -0.4 is 0 Å². The fraction of sp³-hybridized carbons (Fsp3) is 1.00. The first-order chi connectivity index (χ1) is 4.95. The van der Waals surface area contributed by atoms with Crippen LogP contribution in [0.2, 0.25) is 0 Å². The van der Waals surface area contributed by atoms with Crippen LogP contribution in [-0.4, -0.2) is 21.3 Å². The lowest BCUT2D eigenvalue weighted by atomic mass is 10.1. The summed E-state index contributed by atoms with van der Waals surface area (Å²) in [4.78, 5) is 0. The van der Waals surface area contributed by atoms with Crippen molar-refractivity contribution in [3.8, 4) is 0 Å². The molecule has 0 unspecified atom stereocenters. The van der Waals surface area contributed by atoms with Crippen molar-refractivity contribution in [2.45, 2.75) is 26.7 Å². The van der Waals surface area contributed by atoms with Gasteiger partial charge in [0.05, 0.1) is 12.9 Å². The predicted molar refractivity (Wildman–Crippen MR) is 44.9 cm³/mol. The molecule has 68 valence electrons. The molecule has 0 amide bonds. The van der Waals surface area contributed by atoms with E-state index in [1.807, 2.05) is 6.92 Å². The van der Waals surface area contributed by atoms with Gasteiger partial charge in [0.25, 0.3) is 10.1 Å². The van der Waals surface area contributed by atoms with Gasteiger partial charge in [0, 0.05) is 0 Å². The summed E-state index contributed by atoms with van der Waals surface area (Å²) in [5, 5.41) is 0. The molecule has 0 aliphatic rings. The molecule has 0 aromatic heterocycles. The van der Waals surface area contributed by atoms with Crippen LogP contribution in [-0.2, 0) is 14.3 Å². The molecule has 3 nitrogen and oxygen atoms in total. The molecule has 0 aromatic carbocycles. The van der Waals surface area contributed by atoms with Gasteiger partial charge in [-0.2, -0.15) is 8.42 Å². The molecular formula is C7H16O3S. The first-order valence-electron chi connectivity index (χ1n) is 3.80. The molecule has 0 radical (unpaired) electrons. The average Bonchev–Trinajstić information content (AvgIpc) is 1.83. The van der Waals surface area contributed by atoms with Gasteiger partial charge in [-0.05, 0) is 12.3 Å². The van der Waals surface area contributed by atoms with E-state index in [0.29, 0.717) is 12.5 Å². The Balaban J connectivity index is 3.54. The molecular weight excluding hydrogens is 164 g/mol. The van der Waals surface area contributed by atoms with Crippen molar-refractivity contribution in [1.29, 1.82) is 0 Å². The maximum absolute atomic E-state index is 10.5. The van der Waals surface area contributed by atoms with E-state index in [1.165, 1.54) is 0 Å². The minimum absolute atomic E-state index is 0.312. The van der Waals surface area contributed by atoms with Gasteiger partial charge in [0.15, 0.2) is 0 Å². The van der Waals surface area contributed by atoms with Crippen molar-refractivity contribution >= 4 is 10.1 Å². The number of rotatable bonds is 5. The number of hydrogen-bond acceptors (Lipinski definition) is 3. The van der Waals surface area contributed by atoms with E-state index in [0.717, 1.165) is 19.1 Å². The monoisotopic (exact) mass is 180 g/mol. The highest BCUT2D eigenvalue weighted by atomic mass is 32.2. The summed E-state index contributed by atoms with van der Waals surface area (Å²) in [6, 6.07) is 0. The van der Waals surface area contributed by atoms with Crippen LogP contribution in [0.3, 0.4) is 0 Å². The lowest BCUT2D eigenvalue weighted by Crippen LogP contribution is -2.10. The van der Waals surface area contributed by atoms with Crippen LogP contribution in [0.15, 0.2) is 0 Å². The minimum atomic E-state index is -3.24. The highest BCUT2D eigenvalue weighted by molar-refractivity contribution is 7.85. The maximum atomic E-state index is 10.5. The van der Waals surface area contributed by atoms with Gasteiger partial charge in [-0.25, -0.2) is 0 Å². The zero-order chi connectivity index (χ0) is 8.91. The molecule has 0 fully saturated rings. The topological polar surface area (TPSA) is 43.4 Å². The van der Waals surface area contributed by atoms with Crippen molar-refractivity contribution < 1.29 is 12.6 Å². The Morgan fingerprint density at radius 1 is 1.45 bits per heavy atom. The molecule has 0 aromatic rings. The van der Waals surface area contributed by atoms with Crippen molar-refractivity contribution in [3.05, 3.63) is 0 Å². The van der Waals surface area contributed by atoms with Crippen LogP contribution in [0.1, 0.15) is 26.7 Å². The normalized spacial score (nSPS) is 14.8. The van der Waals surface area contributed by atoms with E-state index >= 15 is 0 Å². The first-order valence-corrected chi connectivity index (χ1v) is 5.61. The number of hydrogen-bond donors (Lipinski definition) is 0. The second-order valence-corrected chi connectivity index (χ2v) is 4.53. The smallest absolute Gasteiger partial charge is 0.264 e. The fourth-order valence-electron chi connectivity index (χ4n) is 0.816. The summed E-state index contributed by atoms with van der Waals surface area (Å²) in [7, 11) is -3.24. The zero-order valence-corrected chi connectivity index (χ0v) is 8.15. The maximum Gasteiger partial charge on any atom is 0.264 e. The first kappa shape index (κ1) is 10.9. The van der Waals surface area contributed by atoms with Crippen molar-refractivity contribution in [1.82, 2.24) is 0 Å². The Morgan fingerprint density at radius 2 is 2.00 bits per heavy atom. The third-order valence-corrected chi connectivity index (χ3v) is 1.91. The third-order valence-electron chi connectivity index (χ3n) is 1.35. The van der Waals surface area contributed by atoms with Gasteiger partial charge < -0.3 is 0 Å². The van der Waals surface area contributed by atoms with Crippen molar-refractivity contribution in [2.75, 3.05) is 12.9 Å². The van der Waals surface area contributed by atoms with E-state index in [1.54, 1.807) is 0 Å². The Morgan fingerprint density at radius 3 is 2.36 bits per heavy atom. The Bertz CT molecular complexity index is 184. The van der Waals surface area contributed by atoms with Crippen molar-refractivity contribution in [3.63, 3.8) is 0 Å². The van der Waals surface area contributed by atoms with Gasteiger partial charge in [-0.1, -0.05) is 20.3 Å². The fourth-order valence-corrected chi connectivity index (χ4v) is 1.30. The van der Waals surface area contributed by atoms with E-state index < -0.39 is 10.1 Å². The molecule has 0 bridgehead atoms. The van der Waals surface area contributed by atoms with Crippen LogP contribution in [0.5, 0.6) is 0 Å². The van der Waals surface area contributed by atoms with Crippen LogP contribution in [0, 0.1) is 5.92 Å². The van der Waals surface area contributed by atoms with Crippen LogP contribution >= 0.6 is 0 Å². The summed E-state index contributed by atoms with van der Waals surface area (Å²) in [6.45, 7) is 4.36. The summed E-state index contributed by atoms with van der Waals surface area (Å²) in [6.07, 6.45) is 3.15. The van der Waals surface area contributed by atoms with Gasteiger partial charge in [-0.15, -0.1) is 0 Å². The third kappa shape index (κ3) is 7.81. The lowest BCUT2D eigenvalue weighted by Gasteiger charge is -2.08. The minimum Gasteiger partial charge on any atom is -0.270 e. The van der Waals surface area contributed by atoms with Crippen LogP contribution in [0.25, 0.3) is 0 Å². The summed E-state index contributed by atoms with van der Waals surface area (Å²) in [5.74, 6) is 0.328. The molecule has 0 spiro atoms. The highest BCUT2D eigenvalue weighted by Crippen LogP contribution is 2.06. The van der Waals surface area contributed by atoms with Crippen molar-refractivity contribution in [2.24, 2.45) is 5.92 Å². The molecule has 0 rings (SSSR count). The molecule has 1 atom stereocenters. The second kappa shape index (κ2) is 4.72. The SMILES string of the molecule is CCC[C@@H](C)COS(C)(=O)=O. The second-order valence-electron chi connectivity index (χ2n) is 2.88. The van der Waals surface area contributed by atoms with Gasteiger partial charge in [-0.3, -0.25) is 4.18 Å². The van der Waals surface area contributed by atoms with E-state index in [4.69, 9.17) is 0 Å². The summed E-state index contributed by atoms with van der Waals surface area (Å²) in [5.41, 5.74) is 0. The Hall–Kier alpha value is -0.0900. The van der Waals surface area contributed by atoms with Gasteiger partial charge in [0.1, 0.15) is 0 Å². The largest absolute Gasteiger partial charge is 0.270 e. The molecule has 0 heterocycles. The van der Waals surface area contributed by atoms with E-state index in [2.05, 4.69) is 11.1 Å². The van der Waals surface area contributed by atoms with Gasteiger partial charge in [0.2, 0.25) is 0 Å². The molecule has 4 heteroatoms. The molecule has 0 aliphatic carbocycles. The molecule has 0 saturated carbocycles. The van der Waals surface area contributed by atoms with Crippen LogP contribution in [0.4, 0.5) is 0 Å². The molecule has 11 heavy (non-hydrogen) atoms. The predicted octanol–water partition coefficient (Wildman–Crippen LogP) is 1.40. The van der Waals surface area contributed by atoms with E-state index in [9.17, 15) is 8.42 Å². The van der Waals surface area contributed by atoms with E-state index in [-0.39, 0.29) is 0 Å². The average molecular weight is 180 g/mol. The Labute approximate surface area is 68.9 Å². The standard InChI is InChI=1S/C7H16O3S/c1-4-5-7(2)6-10-11(3,8)9/h7H,4-6H2,1-3H3/t7-/m1/s1. The quantitative estimate of drug-likeness (QED) is 0.601. The Kier molecular flexibility index (Phi) is 4.68. The summed E-state index contributed by atoms with van der Waals surface area (Å²) < 4.78 is 25.7. The van der Waals surface area contributed by atoms with Gasteiger partial charge >= 0.3 is 0 Å². The highest BCUT2D eigenvalue weighted by Gasteiger charge is 2.05. The molecule has 0 saturated heterocycles. The zero-order valence-electron chi connectivity index (χ0n) is 7.33. The summed E-state index contributed by atoms with van der Waals surface area (Å²) >= 11 is 0. The lowest BCUT2D eigenvalue weighted by molar-refractivity contribution is 0.259. The molecule has 0 aliphatic heterocycles. The molecule has 0 N–H and O–H groups in total.